The van der Waals surface area contributed by atoms with Crippen LogP contribution in [-0.4, -0.2) is 50.9 Å². The first-order valence-corrected chi connectivity index (χ1v) is 15.0. The molecule has 0 aliphatic carbocycles. The largest absolute Gasteiger partial charge is 0.366 e. The molecule has 1 aliphatic rings. The van der Waals surface area contributed by atoms with Crippen molar-refractivity contribution >= 4 is 34.1 Å². The fourth-order valence-corrected chi connectivity index (χ4v) is 4.12. The Bertz CT molecular complexity index is 1470. The van der Waals surface area contributed by atoms with E-state index >= 15 is 0 Å². The molecular formula is C35H40N4O3S. The molecule has 4 rings (SSSR count). The van der Waals surface area contributed by atoms with Gasteiger partial charge in [0, 0.05) is 46.7 Å². The van der Waals surface area contributed by atoms with Gasteiger partial charge in [0.05, 0.1) is 16.8 Å². The van der Waals surface area contributed by atoms with E-state index in [1.807, 2.05) is 74.5 Å². The van der Waals surface area contributed by atoms with Gasteiger partial charge >= 0.3 is 0 Å². The van der Waals surface area contributed by atoms with E-state index in [9.17, 15) is 13.8 Å². The Morgan fingerprint density at radius 1 is 0.977 bits per heavy atom. The van der Waals surface area contributed by atoms with Gasteiger partial charge in [-0.25, -0.2) is 4.21 Å². The number of benzene rings is 2. The lowest BCUT2D eigenvalue weighted by Gasteiger charge is -2.11. The highest BCUT2D eigenvalue weighted by molar-refractivity contribution is 7.64. The number of pyridine rings is 1. The van der Waals surface area contributed by atoms with Crippen molar-refractivity contribution in [1.82, 2.24) is 9.88 Å². The second kappa shape index (κ2) is 20.3. The van der Waals surface area contributed by atoms with Crippen molar-refractivity contribution in [1.29, 1.82) is 0 Å². The van der Waals surface area contributed by atoms with E-state index in [4.69, 9.17) is 5.73 Å². The van der Waals surface area contributed by atoms with Crippen LogP contribution in [0.5, 0.6) is 0 Å². The lowest BCUT2D eigenvalue weighted by atomic mass is 10.1. The summed E-state index contributed by atoms with van der Waals surface area (Å²) in [6, 6.07) is 20.8. The predicted octanol–water partition coefficient (Wildman–Crippen LogP) is 5.61. The highest BCUT2D eigenvalue weighted by Gasteiger charge is 2.09. The van der Waals surface area contributed by atoms with Crippen LogP contribution in [0.1, 0.15) is 61.5 Å². The molecule has 3 aromatic rings. The Hall–Kier alpha value is -4.58. The molecule has 1 aliphatic heterocycles. The summed E-state index contributed by atoms with van der Waals surface area (Å²) in [7, 11) is 0. The van der Waals surface area contributed by atoms with E-state index in [2.05, 4.69) is 27.0 Å². The fourth-order valence-electron chi connectivity index (χ4n) is 3.92. The van der Waals surface area contributed by atoms with Gasteiger partial charge < -0.3 is 16.0 Å². The number of primary amides is 1. The van der Waals surface area contributed by atoms with Crippen LogP contribution in [0.15, 0.2) is 102 Å². The molecule has 2 heterocycles. The van der Waals surface area contributed by atoms with Crippen molar-refractivity contribution in [3.05, 3.63) is 119 Å². The minimum absolute atomic E-state index is 0.158. The number of rotatable bonds is 7. The van der Waals surface area contributed by atoms with Crippen LogP contribution in [0, 0.1) is 11.8 Å². The summed E-state index contributed by atoms with van der Waals surface area (Å²) in [4.78, 5) is 29.9. The third-order valence-corrected chi connectivity index (χ3v) is 6.71. The Kier molecular flexibility index (Phi) is 16.4. The molecule has 1 saturated heterocycles. The molecule has 3 N–H and O–H groups in total. The molecule has 1 aromatic heterocycles. The molecular weight excluding hydrogens is 556 g/mol. The molecule has 2 amide bonds. The lowest BCUT2D eigenvalue weighted by Crippen LogP contribution is -2.20. The summed E-state index contributed by atoms with van der Waals surface area (Å²) in [5.74, 6) is 5.23. The van der Waals surface area contributed by atoms with Crippen LogP contribution in [0.2, 0.25) is 0 Å². The van der Waals surface area contributed by atoms with Crippen molar-refractivity contribution in [3.63, 3.8) is 0 Å². The summed E-state index contributed by atoms with van der Waals surface area (Å²) in [5.41, 5.74) is 9.08. The van der Waals surface area contributed by atoms with Crippen molar-refractivity contribution in [2.75, 3.05) is 25.0 Å². The maximum Gasteiger partial charge on any atom is 0.251 e. The third-order valence-electron chi connectivity index (χ3n) is 6.34. The summed E-state index contributed by atoms with van der Waals surface area (Å²) in [5, 5.41) is 4.61. The number of nitrogens with zero attached hydrogens (tertiary/aromatic N) is 2. The monoisotopic (exact) mass is 596 g/mol. The average molecular weight is 597 g/mol. The van der Waals surface area contributed by atoms with E-state index < -0.39 is 5.91 Å². The minimum Gasteiger partial charge on any atom is -0.366 e. The number of nitrogens with two attached hydrogens (primary N) is 1. The van der Waals surface area contributed by atoms with Gasteiger partial charge in [-0.2, -0.15) is 0 Å². The Labute approximate surface area is 259 Å². The number of amides is 2. The number of likely N-dealkylation sites (tertiary alicyclic amines) is 1. The van der Waals surface area contributed by atoms with Crippen LogP contribution in [0.25, 0.3) is 0 Å². The molecule has 0 atom stereocenters. The quantitative estimate of drug-likeness (QED) is 0.160. The topological polar surface area (TPSA) is 105 Å². The second-order valence-electron chi connectivity index (χ2n) is 9.67. The van der Waals surface area contributed by atoms with Gasteiger partial charge in [0.2, 0.25) is 5.91 Å². The van der Waals surface area contributed by atoms with Gasteiger partial charge in [-0.3, -0.25) is 14.6 Å². The second-order valence-corrected chi connectivity index (χ2v) is 10.2. The number of carbonyl (C=O) groups is 2. The normalized spacial score (nSPS) is 12.7. The zero-order valence-corrected chi connectivity index (χ0v) is 25.9. The van der Waals surface area contributed by atoms with Crippen molar-refractivity contribution in [3.8, 4) is 11.8 Å². The average Bonchev–Trinajstić information content (AvgIpc) is 3.55. The number of hydrogen-bond donors (Lipinski definition) is 2. The van der Waals surface area contributed by atoms with Gasteiger partial charge in [-0.05, 0) is 83.0 Å². The van der Waals surface area contributed by atoms with E-state index in [1.54, 1.807) is 36.7 Å². The molecule has 224 valence electrons. The van der Waals surface area contributed by atoms with Crippen LogP contribution in [0.4, 0.5) is 5.69 Å². The van der Waals surface area contributed by atoms with Crippen molar-refractivity contribution in [2.45, 2.75) is 40.0 Å². The van der Waals surface area contributed by atoms with Gasteiger partial charge in [0.25, 0.3) is 5.91 Å². The number of allylic oxidation sites excluding steroid dienone is 3. The van der Waals surface area contributed by atoms with E-state index in [0.29, 0.717) is 33.6 Å². The summed E-state index contributed by atoms with van der Waals surface area (Å²) >= 11 is 0.583. The van der Waals surface area contributed by atoms with Crippen molar-refractivity contribution in [2.24, 2.45) is 5.73 Å². The number of carbonyl (C=O) groups excluding carboxylic acids is 2. The van der Waals surface area contributed by atoms with E-state index in [-0.39, 0.29) is 5.91 Å². The summed E-state index contributed by atoms with van der Waals surface area (Å²) in [6.45, 7) is 9.13. The number of hydrogen-bond acceptors (Lipinski definition) is 5. The van der Waals surface area contributed by atoms with Gasteiger partial charge in [-0.1, -0.05) is 66.5 Å². The van der Waals surface area contributed by atoms with Crippen LogP contribution in [0.3, 0.4) is 0 Å². The molecule has 1 fully saturated rings. The fraction of sp³-hybridized carbons (Fsp3) is 0.257. The van der Waals surface area contributed by atoms with Crippen LogP contribution >= 0.6 is 0 Å². The summed E-state index contributed by atoms with van der Waals surface area (Å²) < 4.78 is 9.95. The molecule has 0 unspecified atom stereocenters. The first kappa shape index (κ1) is 34.6. The minimum atomic E-state index is -0.549. The number of aromatic nitrogens is 1. The maximum absolute atomic E-state index is 12.3. The van der Waals surface area contributed by atoms with Crippen molar-refractivity contribution < 1.29 is 13.8 Å². The predicted molar refractivity (Wildman–Crippen MR) is 178 cm³/mol. The Morgan fingerprint density at radius 2 is 1.63 bits per heavy atom. The maximum atomic E-state index is 12.3. The van der Waals surface area contributed by atoms with E-state index in [1.165, 1.54) is 32.1 Å². The Balaban J connectivity index is 0.000000325. The molecule has 8 heteroatoms. The molecule has 0 radical (unpaired) electrons. The van der Waals surface area contributed by atoms with Crippen LogP contribution < -0.4 is 11.1 Å². The van der Waals surface area contributed by atoms with Gasteiger partial charge in [0.1, 0.15) is 0 Å². The van der Waals surface area contributed by atoms with Crippen LogP contribution in [-0.2, 0) is 16.1 Å². The lowest BCUT2D eigenvalue weighted by molar-refractivity contribution is -0.112. The Morgan fingerprint density at radius 3 is 2.23 bits per heavy atom. The SMILES string of the molecule is C/C=C\C(C)=C(/C)C(=O)Nc1cccc(C#Cc2cncc(C(N)=O)c2)c1.O=S=CCCN1CCCC1.c1ccccc1. The molecule has 0 saturated carbocycles. The number of nitrogens with one attached hydrogen (secondary N) is 1. The highest BCUT2D eigenvalue weighted by atomic mass is 32.1. The zero-order chi connectivity index (χ0) is 31.3. The summed E-state index contributed by atoms with van der Waals surface area (Å²) in [6.07, 6.45) is 10.4. The molecule has 43 heavy (non-hydrogen) atoms. The molecule has 0 spiro atoms. The third kappa shape index (κ3) is 14.2. The molecule has 7 nitrogen and oxygen atoms in total. The molecule has 2 aromatic carbocycles. The smallest absolute Gasteiger partial charge is 0.251 e. The van der Waals surface area contributed by atoms with E-state index in [0.717, 1.165) is 24.1 Å². The zero-order valence-electron chi connectivity index (χ0n) is 25.1. The van der Waals surface area contributed by atoms with Gasteiger partial charge in [-0.15, -0.1) is 0 Å². The first-order valence-electron chi connectivity index (χ1n) is 14.1. The standard InChI is InChI=1S/C22H21N3O2.C7H13NOS.C6H6/c1-4-6-15(2)16(3)22(27)25-20-8-5-7-17(12-20)9-10-18-11-19(21(23)26)14-24-13-18;9-10-7-3-6-8-4-1-2-5-8;1-2-4-6-5-3-1/h4-8,11-14H,1-3H3,(H2,23,26)(H,25,27);7H,1-6H2;1-6H/b6-4-,16-15+;;. The van der Waals surface area contributed by atoms with Gasteiger partial charge in [0.15, 0.2) is 0 Å². The number of anilines is 1. The highest BCUT2D eigenvalue weighted by Crippen LogP contribution is 2.13. The molecule has 0 bridgehead atoms. The first-order chi connectivity index (χ1) is 20.8.